The maximum absolute atomic E-state index is 13.3. The molecule has 0 spiro atoms. The van der Waals surface area contributed by atoms with Crippen LogP contribution in [-0.2, 0) is 11.3 Å². The number of amides is 1. The molecule has 1 aromatic carbocycles. The molecule has 2 aromatic rings. The summed E-state index contributed by atoms with van der Waals surface area (Å²) >= 11 is 1.39. The summed E-state index contributed by atoms with van der Waals surface area (Å²) in [5, 5.41) is -0.315. The van der Waals surface area contributed by atoms with Crippen molar-refractivity contribution in [2.45, 2.75) is 11.9 Å². The van der Waals surface area contributed by atoms with E-state index in [4.69, 9.17) is 0 Å². The topological polar surface area (TPSA) is 33.2 Å². The van der Waals surface area contributed by atoms with Gasteiger partial charge in [0.15, 0.2) is 17.5 Å². The monoisotopic (exact) mass is 324 g/mol. The zero-order chi connectivity index (χ0) is 15.7. The number of hydrogen-bond acceptors (Lipinski definition) is 3. The summed E-state index contributed by atoms with van der Waals surface area (Å²) in [6.45, 7) is 0.00118. The normalized spacial score (nSPS) is 18.0. The van der Waals surface area contributed by atoms with E-state index in [1.54, 1.807) is 24.4 Å². The third kappa shape index (κ3) is 2.81. The van der Waals surface area contributed by atoms with E-state index in [0.717, 1.165) is 12.1 Å². The second-order valence-corrected chi connectivity index (χ2v) is 5.88. The Hall–Kier alpha value is -2.02. The molecule has 1 saturated heterocycles. The van der Waals surface area contributed by atoms with E-state index in [2.05, 4.69) is 4.98 Å². The summed E-state index contributed by atoms with van der Waals surface area (Å²) in [6, 6.07) is 7.17. The van der Waals surface area contributed by atoms with Crippen LogP contribution in [0.2, 0.25) is 0 Å². The second kappa shape index (κ2) is 6.00. The Morgan fingerprint density at radius 2 is 1.95 bits per heavy atom. The van der Waals surface area contributed by atoms with Gasteiger partial charge in [-0.2, -0.15) is 0 Å². The van der Waals surface area contributed by atoms with Gasteiger partial charge < -0.3 is 4.90 Å². The molecule has 1 aromatic heterocycles. The molecule has 0 saturated carbocycles. The van der Waals surface area contributed by atoms with Gasteiger partial charge in [0.1, 0.15) is 5.37 Å². The molecule has 7 heteroatoms. The van der Waals surface area contributed by atoms with Crippen molar-refractivity contribution in [3.8, 4) is 0 Å². The van der Waals surface area contributed by atoms with E-state index < -0.39 is 17.5 Å². The van der Waals surface area contributed by atoms with Crippen molar-refractivity contribution in [2.24, 2.45) is 0 Å². The summed E-state index contributed by atoms with van der Waals surface area (Å²) < 4.78 is 39.6. The molecule has 1 aliphatic heterocycles. The van der Waals surface area contributed by atoms with Crippen molar-refractivity contribution in [2.75, 3.05) is 5.75 Å². The lowest BCUT2D eigenvalue weighted by Gasteiger charge is -2.23. The third-order valence-corrected chi connectivity index (χ3v) is 4.53. The van der Waals surface area contributed by atoms with Crippen LogP contribution in [-0.4, -0.2) is 21.5 Å². The number of hydrogen-bond donors (Lipinski definition) is 0. The fourth-order valence-corrected chi connectivity index (χ4v) is 3.44. The first-order valence-corrected chi connectivity index (χ1v) is 7.56. The number of pyridine rings is 1. The molecule has 3 nitrogen and oxygen atoms in total. The predicted molar refractivity (Wildman–Crippen MR) is 76.3 cm³/mol. The Kier molecular flexibility index (Phi) is 4.06. The molecule has 0 aliphatic carbocycles. The van der Waals surface area contributed by atoms with E-state index in [1.807, 2.05) is 0 Å². The highest BCUT2D eigenvalue weighted by Crippen LogP contribution is 2.38. The molecule has 1 atom stereocenters. The number of nitrogens with zero attached hydrogens (tertiary/aromatic N) is 2. The minimum atomic E-state index is -1.51. The predicted octanol–water partition coefficient (Wildman–Crippen LogP) is 3.27. The molecule has 0 N–H and O–H groups in total. The lowest BCUT2D eigenvalue weighted by Crippen LogP contribution is -2.28. The Bertz CT molecular complexity index is 688. The van der Waals surface area contributed by atoms with E-state index in [0.29, 0.717) is 5.69 Å². The van der Waals surface area contributed by atoms with Gasteiger partial charge in [0.2, 0.25) is 5.91 Å². The van der Waals surface area contributed by atoms with Gasteiger partial charge in [-0.25, -0.2) is 13.2 Å². The lowest BCUT2D eigenvalue weighted by molar-refractivity contribution is -0.128. The highest BCUT2D eigenvalue weighted by molar-refractivity contribution is 8.00. The molecule has 114 valence electrons. The number of thioether (sulfide) groups is 1. The molecule has 3 rings (SSSR count). The highest BCUT2D eigenvalue weighted by atomic mass is 32.2. The zero-order valence-corrected chi connectivity index (χ0v) is 12.1. The van der Waals surface area contributed by atoms with Crippen LogP contribution in [0.1, 0.15) is 16.6 Å². The number of benzene rings is 1. The number of aromatic nitrogens is 1. The first kappa shape index (κ1) is 14.9. The molecule has 0 bridgehead atoms. The Balaban J connectivity index is 1.88. The molecular formula is C15H11F3N2OS. The van der Waals surface area contributed by atoms with Gasteiger partial charge >= 0.3 is 0 Å². The van der Waals surface area contributed by atoms with Crippen molar-refractivity contribution < 1.29 is 18.0 Å². The number of carbonyl (C=O) groups excluding carboxylic acids is 1. The van der Waals surface area contributed by atoms with Gasteiger partial charge in [-0.05, 0) is 29.8 Å². The highest BCUT2D eigenvalue weighted by Gasteiger charge is 2.33. The SMILES string of the molecule is O=C1CSC(c2ccccn2)N1Cc1cc(F)c(F)c(F)c1. The summed E-state index contributed by atoms with van der Waals surface area (Å²) in [7, 11) is 0. The van der Waals surface area contributed by atoms with Crippen LogP contribution in [0.5, 0.6) is 0 Å². The van der Waals surface area contributed by atoms with E-state index in [-0.39, 0.29) is 29.1 Å². The van der Waals surface area contributed by atoms with Crippen molar-refractivity contribution in [1.29, 1.82) is 0 Å². The van der Waals surface area contributed by atoms with Gasteiger partial charge in [0.05, 0.1) is 11.4 Å². The minimum Gasteiger partial charge on any atom is -0.320 e. The maximum atomic E-state index is 13.3. The van der Waals surface area contributed by atoms with Gasteiger partial charge in [-0.3, -0.25) is 9.78 Å². The summed E-state index contributed by atoms with van der Waals surface area (Å²) in [5.74, 6) is -3.90. The molecule has 1 fully saturated rings. The molecule has 1 aliphatic rings. The van der Waals surface area contributed by atoms with E-state index in [9.17, 15) is 18.0 Å². The van der Waals surface area contributed by atoms with Gasteiger partial charge in [0.25, 0.3) is 0 Å². The Morgan fingerprint density at radius 3 is 2.59 bits per heavy atom. The first-order chi connectivity index (χ1) is 10.6. The molecule has 1 amide bonds. The van der Waals surface area contributed by atoms with Crippen LogP contribution in [0.3, 0.4) is 0 Å². The van der Waals surface area contributed by atoms with Crippen molar-refractivity contribution in [1.82, 2.24) is 9.88 Å². The largest absolute Gasteiger partial charge is 0.320 e. The zero-order valence-electron chi connectivity index (χ0n) is 11.3. The Labute approximate surface area is 129 Å². The molecule has 22 heavy (non-hydrogen) atoms. The molecular weight excluding hydrogens is 313 g/mol. The van der Waals surface area contributed by atoms with Crippen LogP contribution in [0.4, 0.5) is 13.2 Å². The quantitative estimate of drug-likeness (QED) is 0.813. The van der Waals surface area contributed by atoms with Gasteiger partial charge in [-0.15, -0.1) is 11.8 Å². The molecule has 0 radical (unpaired) electrons. The maximum Gasteiger partial charge on any atom is 0.234 e. The Morgan fingerprint density at radius 1 is 1.23 bits per heavy atom. The van der Waals surface area contributed by atoms with Gasteiger partial charge in [0, 0.05) is 12.7 Å². The van der Waals surface area contributed by atoms with Gasteiger partial charge in [-0.1, -0.05) is 6.07 Å². The summed E-state index contributed by atoms with van der Waals surface area (Å²) in [4.78, 5) is 17.7. The fourth-order valence-electron chi connectivity index (χ4n) is 2.29. The molecule has 1 unspecified atom stereocenters. The van der Waals surface area contributed by atoms with E-state index in [1.165, 1.54) is 16.7 Å². The van der Waals surface area contributed by atoms with Crippen molar-refractivity contribution >= 4 is 17.7 Å². The summed E-state index contributed by atoms with van der Waals surface area (Å²) in [6.07, 6.45) is 1.62. The number of halogens is 3. The second-order valence-electron chi connectivity index (χ2n) is 4.81. The third-order valence-electron chi connectivity index (χ3n) is 3.31. The fraction of sp³-hybridized carbons (Fsp3) is 0.200. The number of carbonyl (C=O) groups is 1. The lowest BCUT2D eigenvalue weighted by atomic mass is 10.2. The summed E-state index contributed by atoms with van der Waals surface area (Å²) in [5.41, 5.74) is 0.898. The van der Waals surface area contributed by atoms with Crippen LogP contribution in [0.25, 0.3) is 0 Å². The smallest absolute Gasteiger partial charge is 0.234 e. The van der Waals surface area contributed by atoms with E-state index >= 15 is 0 Å². The molecule has 2 heterocycles. The van der Waals surface area contributed by atoms with Crippen LogP contribution in [0.15, 0.2) is 36.5 Å². The average Bonchev–Trinajstić information content (AvgIpc) is 2.87. The van der Waals surface area contributed by atoms with Crippen LogP contribution >= 0.6 is 11.8 Å². The van der Waals surface area contributed by atoms with Crippen molar-refractivity contribution in [3.05, 3.63) is 65.2 Å². The number of rotatable bonds is 3. The average molecular weight is 324 g/mol. The minimum absolute atomic E-state index is 0.00118. The first-order valence-electron chi connectivity index (χ1n) is 6.51. The van der Waals surface area contributed by atoms with Crippen molar-refractivity contribution in [3.63, 3.8) is 0 Å². The standard InChI is InChI=1S/C15H11F3N2OS/c16-10-5-9(6-11(17)14(10)18)7-20-13(21)8-22-15(20)12-3-1-2-4-19-12/h1-6,15H,7-8H2. The van der Waals surface area contributed by atoms with Crippen LogP contribution < -0.4 is 0 Å². The van der Waals surface area contributed by atoms with Crippen LogP contribution in [0, 0.1) is 17.5 Å².